The van der Waals surface area contributed by atoms with Gasteiger partial charge in [-0.25, -0.2) is 4.39 Å². The van der Waals surface area contributed by atoms with Gasteiger partial charge in [0, 0.05) is 5.02 Å². The normalized spacial score (nSPS) is 12.5. The Balaban J connectivity index is 2.43. The van der Waals surface area contributed by atoms with Gasteiger partial charge < -0.3 is 5.73 Å². The summed E-state index contributed by atoms with van der Waals surface area (Å²) in [6, 6.07) is 9.06. The second-order valence-corrected chi connectivity index (χ2v) is 5.36. The second kappa shape index (κ2) is 5.32. The van der Waals surface area contributed by atoms with Gasteiger partial charge in [0.2, 0.25) is 0 Å². The molecule has 2 aromatic rings. The van der Waals surface area contributed by atoms with E-state index in [1.54, 1.807) is 26.0 Å². The minimum absolute atomic E-state index is 0.169. The molecule has 2 rings (SSSR count). The van der Waals surface area contributed by atoms with Crippen molar-refractivity contribution < 1.29 is 4.39 Å². The lowest BCUT2D eigenvalue weighted by Gasteiger charge is -2.16. The van der Waals surface area contributed by atoms with Crippen LogP contribution in [0.5, 0.6) is 0 Å². The van der Waals surface area contributed by atoms with E-state index in [0.717, 1.165) is 16.7 Å². The van der Waals surface area contributed by atoms with Crippen molar-refractivity contribution in [3.63, 3.8) is 0 Å². The summed E-state index contributed by atoms with van der Waals surface area (Å²) in [5.41, 5.74) is 10.3. The maximum Gasteiger partial charge on any atom is 0.129 e. The molecule has 1 nitrogen and oxygen atoms in total. The smallest absolute Gasteiger partial charge is 0.129 e. The minimum Gasteiger partial charge on any atom is -0.320 e. The van der Waals surface area contributed by atoms with E-state index < -0.39 is 0 Å². The first-order valence-electron chi connectivity index (χ1n) is 6.18. The molecule has 2 N–H and O–H groups in total. The van der Waals surface area contributed by atoms with E-state index in [1.165, 1.54) is 0 Å². The second-order valence-electron chi connectivity index (χ2n) is 4.95. The summed E-state index contributed by atoms with van der Waals surface area (Å²) in [5, 5.41) is 0.698. The van der Waals surface area contributed by atoms with Crippen LogP contribution in [0.4, 0.5) is 4.39 Å². The van der Waals surface area contributed by atoms with Crippen molar-refractivity contribution in [3.8, 4) is 0 Å². The van der Waals surface area contributed by atoms with Gasteiger partial charge in [-0.15, -0.1) is 0 Å². The van der Waals surface area contributed by atoms with Crippen LogP contribution in [0.2, 0.25) is 5.02 Å². The van der Waals surface area contributed by atoms with Gasteiger partial charge in [-0.1, -0.05) is 35.9 Å². The number of benzene rings is 2. The number of rotatable bonds is 2. The maximum atomic E-state index is 13.6. The third-order valence-electron chi connectivity index (χ3n) is 3.37. The Morgan fingerprint density at radius 1 is 0.947 bits per heavy atom. The monoisotopic (exact) mass is 277 g/mol. The minimum atomic E-state index is -0.295. The van der Waals surface area contributed by atoms with Crippen LogP contribution in [0, 0.1) is 26.6 Å². The van der Waals surface area contributed by atoms with Crippen molar-refractivity contribution in [2.24, 2.45) is 5.73 Å². The van der Waals surface area contributed by atoms with Gasteiger partial charge in [-0.2, -0.15) is 0 Å². The molecule has 3 heteroatoms. The van der Waals surface area contributed by atoms with Crippen molar-refractivity contribution in [1.29, 1.82) is 0 Å². The number of aryl methyl sites for hydroxylation is 3. The third-order valence-corrected chi connectivity index (χ3v) is 3.78. The van der Waals surface area contributed by atoms with E-state index in [4.69, 9.17) is 17.3 Å². The van der Waals surface area contributed by atoms with Crippen LogP contribution < -0.4 is 5.73 Å². The van der Waals surface area contributed by atoms with Crippen LogP contribution in [0.25, 0.3) is 0 Å². The molecule has 1 unspecified atom stereocenters. The molecule has 0 aliphatic rings. The van der Waals surface area contributed by atoms with Crippen LogP contribution in [0.1, 0.15) is 33.9 Å². The van der Waals surface area contributed by atoms with Crippen molar-refractivity contribution in [2.45, 2.75) is 26.8 Å². The molecule has 0 spiro atoms. The molecule has 0 saturated heterocycles. The highest BCUT2D eigenvalue weighted by atomic mass is 35.5. The van der Waals surface area contributed by atoms with E-state index in [9.17, 15) is 4.39 Å². The fraction of sp³-hybridized carbons (Fsp3) is 0.250. The van der Waals surface area contributed by atoms with Gasteiger partial charge in [0.1, 0.15) is 5.82 Å². The molecule has 100 valence electrons. The van der Waals surface area contributed by atoms with E-state index in [2.05, 4.69) is 0 Å². The number of hydrogen-bond acceptors (Lipinski definition) is 1. The first kappa shape index (κ1) is 14.0. The van der Waals surface area contributed by atoms with Gasteiger partial charge in [-0.05, 0) is 54.7 Å². The Kier molecular flexibility index (Phi) is 3.93. The Bertz CT molecular complexity index is 599. The third kappa shape index (κ3) is 2.80. The SMILES string of the molecule is Cc1ccc(C(N)c2cc(C)c(F)c(C)c2)cc1Cl. The van der Waals surface area contributed by atoms with Gasteiger partial charge in [0.25, 0.3) is 0 Å². The van der Waals surface area contributed by atoms with Gasteiger partial charge in [0.05, 0.1) is 6.04 Å². The summed E-state index contributed by atoms with van der Waals surface area (Å²) < 4.78 is 13.6. The fourth-order valence-corrected chi connectivity index (χ4v) is 2.34. The lowest BCUT2D eigenvalue weighted by Crippen LogP contribution is -2.13. The van der Waals surface area contributed by atoms with E-state index in [-0.39, 0.29) is 11.9 Å². The first-order chi connectivity index (χ1) is 8.90. The number of nitrogens with two attached hydrogens (primary N) is 1. The molecule has 0 bridgehead atoms. The Morgan fingerprint density at radius 3 is 2.05 bits per heavy atom. The maximum absolute atomic E-state index is 13.6. The van der Waals surface area contributed by atoms with Crippen LogP contribution in [0.3, 0.4) is 0 Å². The predicted molar refractivity (Wildman–Crippen MR) is 78.1 cm³/mol. The van der Waals surface area contributed by atoms with E-state index in [0.29, 0.717) is 16.1 Å². The summed E-state index contributed by atoms with van der Waals surface area (Å²) in [6.45, 7) is 5.45. The molecule has 0 radical (unpaired) electrons. The first-order valence-corrected chi connectivity index (χ1v) is 6.56. The Morgan fingerprint density at radius 2 is 1.53 bits per heavy atom. The Labute approximate surface area is 118 Å². The largest absolute Gasteiger partial charge is 0.320 e. The van der Waals surface area contributed by atoms with Crippen LogP contribution >= 0.6 is 11.6 Å². The highest BCUT2D eigenvalue weighted by Crippen LogP contribution is 2.26. The molecule has 0 heterocycles. The van der Waals surface area contributed by atoms with Gasteiger partial charge in [0.15, 0.2) is 0 Å². The van der Waals surface area contributed by atoms with Crippen molar-refractivity contribution in [1.82, 2.24) is 0 Å². The zero-order chi connectivity index (χ0) is 14.2. The van der Waals surface area contributed by atoms with Crippen LogP contribution in [-0.4, -0.2) is 0 Å². The molecule has 0 aromatic heterocycles. The average Bonchev–Trinajstić information content (AvgIpc) is 2.37. The van der Waals surface area contributed by atoms with E-state index in [1.807, 2.05) is 25.1 Å². The summed E-state index contributed by atoms with van der Waals surface area (Å²) in [4.78, 5) is 0. The zero-order valence-electron chi connectivity index (χ0n) is 11.3. The Hall–Kier alpha value is -1.38. The molecule has 0 saturated carbocycles. The molecule has 0 amide bonds. The predicted octanol–water partition coefficient (Wildman–Crippen LogP) is 4.45. The quantitative estimate of drug-likeness (QED) is 0.862. The number of hydrogen-bond donors (Lipinski definition) is 1. The molecule has 0 aliphatic carbocycles. The highest BCUT2D eigenvalue weighted by molar-refractivity contribution is 6.31. The van der Waals surface area contributed by atoms with Gasteiger partial charge in [-0.3, -0.25) is 0 Å². The van der Waals surface area contributed by atoms with Crippen LogP contribution in [-0.2, 0) is 0 Å². The summed E-state index contributed by atoms with van der Waals surface area (Å²) in [7, 11) is 0. The van der Waals surface area contributed by atoms with Gasteiger partial charge >= 0.3 is 0 Å². The zero-order valence-corrected chi connectivity index (χ0v) is 12.1. The lowest BCUT2D eigenvalue weighted by atomic mass is 9.95. The van der Waals surface area contributed by atoms with Crippen molar-refractivity contribution in [2.75, 3.05) is 0 Å². The fourth-order valence-electron chi connectivity index (χ4n) is 2.15. The summed E-state index contributed by atoms with van der Waals surface area (Å²) >= 11 is 6.12. The standard InChI is InChI=1S/C16H17ClFN/c1-9-4-5-12(8-14(9)17)16(19)13-6-10(2)15(18)11(3)7-13/h4-8,16H,19H2,1-3H3. The highest BCUT2D eigenvalue weighted by Gasteiger charge is 2.13. The topological polar surface area (TPSA) is 26.0 Å². The van der Waals surface area contributed by atoms with Crippen molar-refractivity contribution >= 4 is 11.6 Å². The van der Waals surface area contributed by atoms with Crippen molar-refractivity contribution in [3.05, 3.63) is 69.0 Å². The average molecular weight is 278 g/mol. The molecule has 2 aromatic carbocycles. The molecule has 19 heavy (non-hydrogen) atoms. The summed E-state index contributed by atoms with van der Waals surface area (Å²) in [6.07, 6.45) is 0. The summed E-state index contributed by atoms with van der Waals surface area (Å²) in [5.74, 6) is -0.169. The molecular formula is C16H17ClFN. The van der Waals surface area contributed by atoms with Crippen LogP contribution in [0.15, 0.2) is 30.3 Å². The molecule has 1 atom stereocenters. The molecule has 0 aliphatic heterocycles. The lowest BCUT2D eigenvalue weighted by molar-refractivity contribution is 0.607. The van der Waals surface area contributed by atoms with E-state index >= 15 is 0 Å². The number of halogens is 2. The molecular weight excluding hydrogens is 261 g/mol. The molecule has 0 fully saturated rings.